The number of rotatable bonds is 3. The fraction of sp³-hybridized carbons (Fsp3) is 0.500. The van der Waals surface area contributed by atoms with Crippen LogP contribution < -0.4 is 9.64 Å². The first-order valence-corrected chi connectivity index (χ1v) is 5.49. The van der Waals surface area contributed by atoms with Gasteiger partial charge >= 0.3 is 0 Å². The first-order chi connectivity index (χ1) is 7.31. The van der Waals surface area contributed by atoms with Crippen LogP contribution in [0.5, 0.6) is 11.5 Å². The normalized spacial score (nSPS) is 16.9. The number of hydrogen-bond acceptors (Lipinski definition) is 2. The second kappa shape index (κ2) is 4.53. The Kier molecular flexibility index (Phi) is 3.11. The van der Waals surface area contributed by atoms with E-state index < -0.39 is 0 Å². The second-order valence-electron chi connectivity index (χ2n) is 4.10. The lowest BCUT2D eigenvalue weighted by molar-refractivity contribution is -0.901. The number of nitrogens with one attached hydrogen (secondary N) is 1. The molecule has 0 aromatic heterocycles. The predicted octanol–water partition coefficient (Wildman–Crippen LogP) is 0.579. The summed E-state index contributed by atoms with van der Waals surface area (Å²) < 4.78 is 5.09. The Bertz CT molecular complexity index is 332. The SMILES string of the molecule is COc1cccc(C[NH+]2CCCC2)c1O. The van der Waals surface area contributed by atoms with E-state index in [1.54, 1.807) is 18.1 Å². The van der Waals surface area contributed by atoms with Gasteiger partial charge in [-0.1, -0.05) is 6.07 Å². The van der Waals surface area contributed by atoms with Crippen LogP contribution in [0.25, 0.3) is 0 Å². The molecule has 2 rings (SSSR count). The molecule has 1 aliphatic heterocycles. The Morgan fingerprint density at radius 2 is 2.07 bits per heavy atom. The highest BCUT2D eigenvalue weighted by atomic mass is 16.5. The van der Waals surface area contributed by atoms with Crippen molar-refractivity contribution in [1.29, 1.82) is 0 Å². The zero-order valence-electron chi connectivity index (χ0n) is 9.12. The number of quaternary nitrogens is 1. The Balaban J connectivity index is 2.13. The van der Waals surface area contributed by atoms with Crippen molar-refractivity contribution in [3.63, 3.8) is 0 Å². The third-order valence-electron chi connectivity index (χ3n) is 3.05. The number of benzene rings is 1. The van der Waals surface area contributed by atoms with E-state index in [4.69, 9.17) is 4.74 Å². The van der Waals surface area contributed by atoms with Gasteiger partial charge in [-0.05, 0) is 12.1 Å². The third kappa shape index (κ3) is 2.23. The third-order valence-corrected chi connectivity index (χ3v) is 3.05. The van der Waals surface area contributed by atoms with Gasteiger partial charge in [0.05, 0.1) is 25.8 Å². The van der Waals surface area contributed by atoms with Gasteiger partial charge in [0.25, 0.3) is 0 Å². The van der Waals surface area contributed by atoms with E-state index >= 15 is 0 Å². The van der Waals surface area contributed by atoms with E-state index in [1.165, 1.54) is 25.9 Å². The molecule has 1 fully saturated rings. The first-order valence-electron chi connectivity index (χ1n) is 5.49. The minimum atomic E-state index is 0.305. The van der Waals surface area contributed by atoms with Gasteiger partial charge in [-0.25, -0.2) is 0 Å². The van der Waals surface area contributed by atoms with E-state index in [-0.39, 0.29) is 0 Å². The summed E-state index contributed by atoms with van der Waals surface area (Å²) in [6.45, 7) is 3.34. The van der Waals surface area contributed by atoms with Crippen LogP contribution in [-0.2, 0) is 6.54 Å². The summed E-state index contributed by atoms with van der Waals surface area (Å²) in [6.07, 6.45) is 2.61. The van der Waals surface area contributed by atoms with Crippen molar-refractivity contribution >= 4 is 0 Å². The quantitative estimate of drug-likeness (QED) is 0.762. The molecule has 1 aliphatic rings. The molecule has 1 saturated heterocycles. The number of methoxy groups -OCH3 is 1. The van der Waals surface area contributed by atoms with E-state index in [1.807, 2.05) is 12.1 Å². The average Bonchev–Trinajstić information content (AvgIpc) is 2.74. The molecule has 0 radical (unpaired) electrons. The Hall–Kier alpha value is -1.22. The number of phenols is 1. The summed E-state index contributed by atoms with van der Waals surface area (Å²) in [5.74, 6) is 0.880. The van der Waals surface area contributed by atoms with Crippen LogP contribution in [0.15, 0.2) is 18.2 Å². The maximum Gasteiger partial charge on any atom is 0.166 e. The van der Waals surface area contributed by atoms with E-state index in [9.17, 15) is 5.11 Å². The van der Waals surface area contributed by atoms with Crippen LogP contribution >= 0.6 is 0 Å². The van der Waals surface area contributed by atoms with Crippen LogP contribution in [-0.4, -0.2) is 25.3 Å². The van der Waals surface area contributed by atoms with E-state index in [2.05, 4.69) is 0 Å². The topological polar surface area (TPSA) is 33.9 Å². The number of ether oxygens (including phenoxy) is 1. The molecule has 0 atom stereocenters. The van der Waals surface area contributed by atoms with Gasteiger partial charge in [0, 0.05) is 12.8 Å². The second-order valence-corrected chi connectivity index (χ2v) is 4.10. The number of para-hydroxylation sites is 1. The van der Waals surface area contributed by atoms with Crippen molar-refractivity contribution in [2.45, 2.75) is 19.4 Å². The van der Waals surface area contributed by atoms with Crippen LogP contribution in [0.2, 0.25) is 0 Å². The summed E-state index contributed by atoms with van der Waals surface area (Å²) in [7, 11) is 1.58. The van der Waals surface area contributed by atoms with E-state index in [0.717, 1.165) is 12.1 Å². The molecule has 0 spiro atoms. The minimum Gasteiger partial charge on any atom is -0.504 e. The fourth-order valence-electron chi connectivity index (χ4n) is 2.20. The molecule has 82 valence electrons. The molecule has 3 nitrogen and oxygen atoms in total. The maximum absolute atomic E-state index is 9.91. The van der Waals surface area contributed by atoms with Gasteiger partial charge < -0.3 is 14.7 Å². The molecule has 2 N–H and O–H groups in total. The Labute approximate surface area is 90.3 Å². The van der Waals surface area contributed by atoms with Crippen molar-refractivity contribution in [2.24, 2.45) is 0 Å². The average molecular weight is 208 g/mol. The van der Waals surface area contributed by atoms with Gasteiger partial charge in [0.15, 0.2) is 11.5 Å². The molecule has 0 bridgehead atoms. The molecule has 0 unspecified atom stereocenters. The standard InChI is InChI=1S/C12H17NO2/c1-15-11-6-4-5-10(12(11)14)9-13-7-2-3-8-13/h4-6,14H,2-3,7-9H2,1H3/p+1. The lowest BCUT2D eigenvalue weighted by Crippen LogP contribution is -3.08. The van der Waals surface area contributed by atoms with Gasteiger partial charge in [0.1, 0.15) is 6.54 Å². The molecule has 3 heteroatoms. The number of likely N-dealkylation sites (tertiary alicyclic amines) is 1. The Morgan fingerprint density at radius 1 is 1.33 bits per heavy atom. The molecule has 1 aromatic rings. The van der Waals surface area contributed by atoms with Gasteiger partial charge in [-0.3, -0.25) is 0 Å². The molecule has 1 heterocycles. The van der Waals surface area contributed by atoms with Crippen LogP contribution in [0.1, 0.15) is 18.4 Å². The predicted molar refractivity (Wildman–Crippen MR) is 58.3 cm³/mol. The largest absolute Gasteiger partial charge is 0.504 e. The highest BCUT2D eigenvalue weighted by molar-refractivity contribution is 5.44. The van der Waals surface area contributed by atoms with Gasteiger partial charge in [-0.2, -0.15) is 0 Å². The summed E-state index contributed by atoms with van der Waals surface area (Å²) in [5.41, 5.74) is 0.992. The van der Waals surface area contributed by atoms with Crippen LogP contribution in [0.4, 0.5) is 0 Å². The fourth-order valence-corrected chi connectivity index (χ4v) is 2.20. The number of hydrogen-bond donors (Lipinski definition) is 2. The summed E-state index contributed by atoms with van der Waals surface area (Å²) in [5, 5.41) is 9.91. The zero-order chi connectivity index (χ0) is 10.7. The lowest BCUT2D eigenvalue weighted by Gasteiger charge is -2.14. The van der Waals surface area contributed by atoms with Gasteiger partial charge in [-0.15, -0.1) is 0 Å². The van der Waals surface area contributed by atoms with Crippen molar-refractivity contribution in [1.82, 2.24) is 0 Å². The number of aromatic hydroxyl groups is 1. The van der Waals surface area contributed by atoms with Crippen molar-refractivity contribution in [3.8, 4) is 11.5 Å². The van der Waals surface area contributed by atoms with Crippen LogP contribution in [0.3, 0.4) is 0 Å². The Morgan fingerprint density at radius 3 is 2.73 bits per heavy atom. The molecule has 15 heavy (non-hydrogen) atoms. The maximum atomic E-state index is 9.91. The molecule has 0 amide bonds. The zero-order valence-corrected chi connectivity index (χ0v) is 9.12. The molecular weight excluding hydrogens is 190 g/mol. The van der Waals surface area contributed by atoms with Crippen LogP contribution in [0, 0.1) is 0 Å². The lowest BCUT2D eigenvalue weighted by atomic mass is 10.2. The van der Waals surface area contributed by atoms with Crippen molar-refractivity contribution in [2.75, 3.05) is 20.2 Å². The minimum absolute atomic E-state index is 0.305. The summed E-state index contributed by atoms with van der Waals surface area (Å²) in [4.78, 5) is 1.55. The van der Waals surface area contributed by atoms with Gasteiger partial charge in [0.2, 0.25) is 0 Å². The monoisotopic (exact) mass is 208 g/mol. The first kappa shape index (κ1) is 10.3. The smallest absolute Gasteiger partial charge is 0.166 e. The number of phenolic OH excluding ortho intramolecular Hbond substituents is 1. The van der Waals surface area contributed by atoms with E-state index in [0.29, 0.717) is 11.5 Å². The molecule has 0 saturated carbocycles. The highest BCUT2D eigenvalue weighted by Crippen LogP contribution is 2.28. The summed E-state index contributed by atoms with van der Waals surface area (Å²) >= 11 is 0. The molecule has 0 aliphatic carbocycles. The van der Waals surface area contributed by atoms with Crippen molar-refractivity contribution < 1.29 is 14.7 Å². The van der Waals surface area contributed by atoms with Crippen molar-refractivity contribution in [3.05, 3.63) is 23.8 Å². The molecular formula is C12H18NO2+. The highest BCUT2D eigenvalue weighted by Gasteiger charge is 2.18. The molecule has 1 aromatic carbocycles. The summed E-state index contributed by atoms with van der Waals surface area (Å²) in [6, 6.07) is 5.70.